The van der Waals surface area contributed by atoms with Crippen LogP contribution < -0.4 is 0 Å². The number of ketones is 1. The SMILES string of the molecule is CC(=O)OC1C=C(C(C)C2CC(C)=C(C)C(=O)O2)C2(C)CCC3C(CC4OC45C(O)C(O)CC(=O)C35C)C12O. The van der Waals surface area contributed by atoms with E-state index in [9.17, 15) is 29.7 Å². The number of Topliss-reactive ketones (excluding diaryl/α,β-unsaturated/α-hetero) is 1. The Hall–Kier alpha value is -2.07. The van der Waals surface area contributed by atoms with Crippen molar-refractivity contribution in [3.8, 4) is 0 Å². The highest BCUT2D eigenvalue weighted by atomic mass is 16.6. The molecule has 1 saturated heterocycles. The van der Waals surface area contributed by atoms with Crippen LogP contribution in [0.15, 0.2) is 22.8 Å². The molecule has 39 heavy (non-hydrogen) atoms. The standard InChI is InChI=1S/C30H40O9/c1-13-9-21(38-26(35)14(13)2)15(3)18-10-23(37-16(4)31)29(36)19-11-24-30(39-24)25(34)20(32)12-22(33)28(30,6)17(19)7-8-27(18,29)5/h10,15,17,19-21,23-25,32,34,36H,7-9,11-12H2,1-6H3. The van der Waals surface area contributed by atoms with E-state index in [0.29, 0.717) is 31.3 Å². The third-order valence-corrected chi connectivity index (χ3v) is 11.9. The minimum absolute atomic E-state index is 0.165. The van der Waals surface area contributed by atoms with Crippen LogP contribution in [0, 0.1) is 28.6 Å². The molecule has 3 N–H and O–H groups in total. The maximum absolute atomic E-state index is 13.6. The van der Waals surface area contributed by atoms with E-state index in [-0.39, 0.29) is 30.0 Å². The Labute approximate surface area is 228 Å². The van der Waals surface area contributed by atoms with Gasteiger partial charge in [-0.1, -0.05) is 25.0 Å². The number of aliphatic hydroxyl groups is 3. The molecule has 2 heterocycles. The summed E-state index contributed by atoms with van der Waals surface area (Å²) in [5, 5.41) is 34.3. The van der Waals surface area contributed by atoms with E-state index in [1.165, 1.54) is 6.92 Å². The predicted molar refractivity (Wildman–Crippen MR) is 137 cm³/mol. The van der Waals surface area contributed by atoms with Crippen molar-refractivity contribution < 1.29 is 43.9 Å². The van der Waals surface area contributed by atoms with Crippen molar-refractivity contribution in [2.45, 2.75) is 115 Å². The van der Waals surface area contributed by atoms with Crippen molar-refractivity contribution in [1.29, 1.82) is 0 Å². The Morgan fingerprint density at radius 1 is 1.15 bits per heavy atom. The van der Waals surface area contributed by atoms with Gasteiger partial charge in [0.1, 0.15) is 35.3 Å². The summed E-state index contributed by atoms with van der Waals surface area (Å²) < 4.78 is 17.8. The Bertz CT molecular complexity index is 1220. The molecule has 12 atom stereocenters. The van der Waals surface area contributed by atoms with Gasteiger partial charge in [-0.15, -0.1) is 0 Å². The summed E-state index contributed by atoms with van der Waals surface area (Å²) in [5.74, 6) is -2.07. The molecule has 0 aromatic rings. The van der Waals surface area contributed by atoms with Crippen LogP contribution in [0.1, 0.15) is 73.6 Å². The fourth-order valence-corrected chi connectivity index (χ4v) is 9.50. The first-order valence-corrected chi connectivity index (χ1v) is 14.2. The maximum Gasteiger partial charge on any atom is 0.333 e. The number of carbonyl (C=O) groups is 3. The van der Waals surface area contributed by atoms with E-state index in [2.05, 4.69) is 0 Å². The first kappa shape index (κ1) is 27.1. The number of esters is 2. The molecule has 4 aliphatic carbocycles. The molecule has 214 valence electrons. The average molecular weight is 545 g/mol. The first-order chi connectivity index (χ1) is 18.1. The van der Waals surface area contributed by atoms with Gasteiger partial charge in [-0.05, 0) is 57.9 Å². The third-order valence-electron chi connectivity index (χ3n) is 11.9. The lowest BCUT2D eigenvalue weighted by atomic mass is 9.42. The quantitative estimate of drug-likeness (QED) is 0.277. The average Bonchev–Trinajstić information content (AvgIpc) is 3.56. The second kappa shape index (κ2) is 8.24. The zero-order valence-electron chi connectivity index (χ0n) is 23.5. The van der Waals surface area contributed by atoms with Gasteiger partial charge in [-0.3, -0.25) is 9.59 Å². The van der Waals surface area contributed by atoms with Crippen LogP contribution in [0.4, 0.5) is 0 Å². The van der Waals surface area contributed by atoms with Crippen LogP contribution in [0.3, 0.4) is 0 Å². The van der Waals surface area contributed by atoms with Crippen LogP contribution in [0.2, 0.25) is 0 Å². The summed E-state index contributed by atoms with van der Waals surface area (Å²) in [6, 6.07) is 0. The molecule has 0 amide bonds. The van der Waals surface area contributed by atoms with Gasteiger partial charge >= 0.3 is 11.9 Å². The Balaban J connectivity index is 1.41. The van der Waals surface area contributed by atoms with E-state index >= 15 is 0 Å². The molecule has 0 aromatic carbocycles. The molecule has 1 spiro atoms. The normalized spacial score (nSPS) is 51.1. The molecule has 0 radical (unpaired) electrons. The molecule has 9 heteroatoms. The fourth-order valence-electron chi connectivity index (χ4n) is 9.50. The molecule has 4 fully saturated rings. The van der Waals surface area contributed by atoms with Gasteiger partial charge in [0.05, 0.1) is 17.6 Å². The highest BCUT2D eigenvalue weighted by molar-refractivity contribution is 5.90. The lowest BCUT2D eigenvalue weighted by Crippen LogP contribution is -2.72. The first-order valence-electron chi connectivity index (χ1n) is 14.2. The molecule has 3 saturated carbocycles. The summed E-state index contributed by atoms with van der Waals surface area (Å²) in [6.07, 6.45) is -0.497. The third kappa shape index (κ3) is 3.13. The summed E-state index contributed by atoms with van der Waals surface area (Å²) in [6.45, 7) is 10.8. The van der Waals surface area contributed by atoms with Gasteiger partial charge in [-0.25, -0.2) is 4.79 Å². The van der Waals surface area contributed by atoms with Gasteiger partial charge < -0.3 is 29.5 Å². The zero-order chi connectivity index (χ0) is 28.4. The molecule has 0 aromatic heterocycles. The van der Waals surface area contributed by atoms with Crippen molar-refractivity contribution in [3.63, 3.8) is 0 Å². The number of epoxide rings is 1. The number of hydrogen-bond acceptors (Lipinski definition) is 9. The maximum atomic E-state index is 13.6. The summed E-state index contributed by atoms with van der Waals surface area (Å²) >= 11 is 0. The van der Waals surface area contributed by atoms with Crippen molar-refractivity contribution in [2.24, 2.45) is 28.6 Å². The molecular weight excluding hydrogens is 504 g/mol. The number of carbonyl (C=O) groups excluding carboxylic acids is 3. The van der Waals surface area contributed by atoms with Crippen LogP contribution in [0.5, 0.6) is 0 Å². The van der Waals surface area contributed by atoms with Crippen LogP contribution >= 0.6 is 0 Å². The van der Waals surface area contributed by atoms with Crippen molar-refractivity contribution in [3.05, 3.63) is 22.8 Å². The smallest absolute Gasteiger partial charge is 0.333 e. The van der Waals surface area contributed by atoms with Gasteiger partial charge in [0.15, 0.2) is 0 Å². The highest BCUT2D eigenvalue weighted by Crippen LogP contribution is 2.74. The number of rotatable bonds is 3. The molecule has 9 nitrogen and oxygen atoms in total. The van der Waals surface area contributed by atoms with E-state index in [1.807, 2.05) is 33.8 Å². The Kier molecular flexibility index (Phi) is 5.73. The Morgan fingerprint density at radius 3 is 2.49 bits per heavy atom. The monoisotopic (exact) mass is 544 g/mol. The van der Waals surface area contributed by atoms with E-state index in [1.54, 1.807) is 6.92 Å². The number of cyclic esters (lactones) is 1. The van der Waals surface area contributed by atoms with Crippen LogP contribution in [-0.2, 0) is 28.6 Å². The lowest BCUT2D eigenvalue weighted by Gasteiger charge is -2.62. The Morgan fingerprint density at radius 2 is 1.85 bits per heavy atom. The van der Waals surface area contributed by atoms with E-state index in [0.717, 1.165) is 11.1 Å². The minimum atomic E-state index is -1.53. The van der Waals surface area contributed by atoms with Crippen LogP contribution in [0.25, 0.3) is 0 Å². The molecule has 0 bridgehead atoms. The topological polar surface area (TPSA) is 143 Å². The highest BCUT2D eigenvalue weighted by Gasteiger charge is 2.84. The van der Waals surface area contributed by atoms with Crippen molar-refractivity contribution in [2.75, 3.05) is 0 Å². The number of fused-ring (bicyclic) bond motifs is 4. The lowest BCUT2D eigenvalue weighted by molar-refractivity contribution is -0.232. The summed E-state index contributed by atoms with van der Waals surface area (Å²) in [7, 11) is 0. The molecule has 6 rings (SSSR count). The number of ether oxygens (including phenoxy) is 3. The molecule has 2 aliphatic heterocycles. The number of aliphatic hydroxyl groups excluding tert-OH is 2. The number of hydrogen-bond donors (Lipinski definition) is 3. The van der Waals surface area contributed by atoms with Crippen molar-refractivity contribution in [1.82, 2.24) is 0 Å². The van der Waals surface area contributed by atoms with Gasteiger partial charge in [0, 0.05) is 36.7 Å². The second-order valence-electron chi connectivity index (χ2n) is 13.4. The van der Waals surface area contributed by atoms with Crippen LogP contribution in [-0.4, -0.2) is 74.8 Å². The minimum Gasteiger partial charge on any atom is -0.458 e. The summed E-state index contributed by atoms with van der Waals surface area (Å²) in [4.78, 5) is 38.5. The van der Waals surface area contributed by atoms with Gasteiger partial charge in [0.25, 0.3) is 0 Å². The zero-order valence-corrected chi connectivity index (χ0v) is 23.5. The fraction of sp³-hybridized carbons (Fsp3) is 0.767. The second-order valence-corrected chi connectivity index (χ2v) is 13.4. The van der Waals surface area contributed by atoms with E-state index < -0.39 is 64.4 Å². The molecule has 6 aliphatic rings. The van der Waals surface area contributed by atoms with Crippen molar-refractivity contribution >= 4 is 17.7 Å². The molecular formula is C30H40O9. The van der Waals surface area contributed by atoms with Gasteiger partial charge in [0.2, 0.25) is 0 Å². The largest absolute Gasteiger partial charge is 0.458 e. The summed E-state index contributed by atoms with van der Waals surface area (Å²) in [5.41, 5.74) is -2.12. The molecule has 12 unspecified atom stereocenters. The van der Waals surface area contributed by atoms with Gasteiger partial charge in [-0.2, -0.15) is 0 Å². The van der Waals surface area contributed by atoms with E-state index in [4.69, 9.17) is 14.2 Å². The predicted octanol–water partition coefficient (Wildman–Crippen LogP) is 2.15.